The van der Waals surface area contributed by atoms with Crippen molar-refractivity contribution in [3.63, 3.8) is 0 Å². The van der Waals surface area contributed by atoms with Gasteiger partial charge in [0.05, 0.1) is 22.2 Å². The van der Waals surface area contributed by atoms with E-state index in [1.165, 1.54) is 12.1 Å². The Morgan fingerprint density at radius 3 is 2.54 bits per heavy atom. The van der Waals surface area contributed by atoms with Crippen molar-refractivity contribution in [2.45, 2.75) is 6.54 Å². The topological polar surface area (TPSA) is 104 Å². The van der Waals surface area contributed by atoms with Crippen LogP contribution >= 0.6 is 11.3 Å². The Bertz CT molecular complexity index is 1170. The number of thiazole rings is 1. The van der Waals surface area contributed by atoms with Crippen LogP contribution in [-0.2, 0) is 16.1 Å². The van der Waals surface area contributed by atoms with Gasteiger partial charge in [-0.15, -0.1) is 0 Å². The van der Waals surface area contributed by atoms with Gasteiger partial charge in [0.25, 0.3) is 11.6 Å². The predicted octanol–water partition coefficient (Wildman–Crippen LogP) is 2.80. The van der Waals surface area contributed by atoms with E-state index in [1.807, 2.05) is 0 Å². The number of carbonyl (C=O) groups excluding carboxylic acids is 2. The van der Waals surface area contributed by atoms with Gasteiger partial charge in [-0.1, -0.05) is 11.3 Å². The van der Waals surface area contributed by atoms with Crippen LogP contribution in [0.3, 0.4) is 0 Å². The standard InChI is InChI=1S/C17H11F2N3O5S/c1-27-14(23)8-21-15-12(19)6-10(18)7-13(15)28-17(21)20-16(24)9-2-4-11(5-3-9)22(25)26/h2-7H,8H2,1H3. The van der Waals surface area contributed by atoms with Crippen LogP contribution < -0.4 is 4.80 Å². The largest absolute Gasteiger partial charge is 0.468 e. The van der Waals surface area contributed by atoms with Gasteiger partial charge in [-0.25, -0.2) is 8.78 Å². The molecular formula is C17H11F2N3O5S. The van der Waals surface area contributed by atoms with Gasteiger partial charge in [0.1, 0.15) is 12.4 Å². The van der Waals surface area contributed by atoms with Crippen LogP contribution in [0.4, 0.5) is 14.5 Å². The first kappa shape index (κ1) is 19.3. The van der Waals surface area contributed by atoms with E-state index in [0.29, 0.717) is 6.07 Å². The van der Waals surface area contributed by atoms with E-state index in [1.54, 1.807) is 0 Å². The molecule has 0 radical (unpaired) electrons. The number of hydrogen-bond acceptors (Lipinski definition) is 6. The SMILES string of the molecule is COC(=O)Cn1c(=NC(=O)c2ccc([N+](=O)[O-])cc2)sc2cc(F)cc(F)c21. The minimum atomic E-state index is -0.917. The van der Waals surface area contributed by atoms with Crippen LogP contribution in [0.25, 0.3) is 10.2 Å². The number of carbonyl (C=O) groups is 2. The van der Waals surface area contributed by atoms with Crippen LogP contribution in [0.5, 0.6) is 0 Å². The van der Waals surface area contributed by atoms with E-state index in [0.717, 1.165) is 41.2 Å². The van der Waals surface area contributed by atoms with Crippen molar-refractivity contribution >= 4 is 39.1 Å². The third-order valence-electron chi connectivity index (χ3n) is 3.73. The fourth-order valence-electron chi connectivity index (χ4n) is 2.43. The number of non-ortho nitro benzene ring substituents is 1. The van der Waals surface area contributed by atoms with E-state index in [4.69, 9.17) is 0 Å². The lowest BCUT2D eigenvalue weighted by molar-refractivity contribution is -0.384. The van der Waals surface area contributed by atoms with Gasteiger partial charge < -0.3 is 9.30 Å². The second-order valence-corrected chi connectivity index (χ2v) is 6.51. The zero-order valence-corrected chi connectivity index (χ0v) is 15.0. The quantitative estimate of drug-likeness (QED) is 0.376. The average molecular weight is 407 g/mol. The molecule has 1 heterocycles. The molecule has 0 saturated heterocycles. The van der Waals surface area contributed by atoms with Gasteiger partial charge in [-0.05, 0) is 18.2 Å². The van der Waals surface area contributed by atoms with E-state index in [9.17, 15) is 28.5 Å². The van der Waals surface area contributed by atoms with Gasteiger partial charge >= 0.3 is 5.97 Å². The predicted molar refractivity (Wildman–Crippen MR) is 94.7 cm³/mol. The van der Waals surface area contributed by atoms with Crippen LogP contribution in [0.15, 0.2) is 41.4 Å². The Morgan fingerprint density at radius 1 is 1.25 bits per heavy atom. The van der Waals surface area contributed by atoms with Crippen molar-refractivity contribution in [1.29, 1.82) is 0 Å². The third-order valence-corrected chi connectivity index (χ3v) is 4.76. The lowest BCUT2D eigenvalue weighted by Crippen LogP contribution is -2.22. The molecule has 2 aromatic carbocycles. The monoisotopic (exact) mass is 407 g/mol. The maximum absolute atomic E-state index is 14.3. The molecule has 8 nitrogen and oxygen atoms in total. The van der Waals surface area contributed by atoms with Crippen LogP contribution in [0, 0.1) is 21.7 Å². The normalized spacial score (nSPS) is 11.6. The smallest absolute Gasteiger partial charge is 0.325 e. The molecule has 1 amide bonds. The second kappa shape index (κ2) is 7.64. The van der Waals surface area contributed by atoms with Crippen molar-refractivity contribution in [2.75, 3.05) is 7.11 Å². The van der Waals surface area contributed by atoms with Crippen LogP contribution in [0.1, 0.15) is 10.4 Å². The van der Waals surface area contributed by atoms with E-state index in [-0.39, 0.29) is 26.3 Å². The summed E-state index contributed by atoms with van der Waals surface area (Å²) in [6.45, 7) is -0.439. The lowest BCUT2D eigenvalue weighted by atomic mass is 10.2. The molecule has 28 heavy (non-hydrogen) atoms. The Morgan fingerprint density at radius 2 is 1.93 bits per heavy atom. The molecule has 0 N–H and O–H groups in total. The Balaban J connectivity index is 2.13. The van der Waals surface area contributed by atoms with Gasteiger partial charge in [0.15, 0.2) is 10.6 Å². The number of amides is 1. The zero-order valence-electron chi connectivity index (χ0n) is 14.2. The number of hydrogen-bond donors (Lipinski definition) is 0. The van der Waals surface area contributed by atoms with Crippen molar-refractivity contribution in [1.82, 2.24) is 4.57 Å². The summed E-state index contributed by atoms with van der Waals surface area (Å²) < 4.78 is 33.6. The fourth-order valence-corrected chi connectivity index (χ4v) is 3.50. The maximum atomic E-state index is 14.3. The fraction of sp³-hybridized carbons (Fsp3) is 0.118. The Labute approximate surface area is 159 Å². The average Bonchev–Trinajstić information content (AvgIpc) is 2.98. The highest BCUT2D eigenvalue weighted by Gasteiger charge is 2.17. The molecule has 1 aromatic heterocycles. The van der Waals surface area contributed by atoms with E-state index >= 15 is 0 Å². The second-order valence-electron chi connectivity index (χ2n) is 5.50. The van der Waals surface area contributed by atoms with Crippen LogP contribution in [0.2, 0.25) is 0 Å². The molecule has 0 unspecified atom stereocenters. The molecule has 3 rings (SSSR count). The summed E-state index contributed by atoms with van der Waals surface area (Å²) in [7, 11) is 1.15. The molecule has 0 bridgehead atoms. The Kier molecular flexibility index (Phi) is 5.27. The van der Waals surface area contributed by atoms with Crippen molar-refractivity contribution in [3.8, 4) is 0 Å². The first-order valence-electron chi connectivity index (χ1n) is 7.69. The highest BCUT2D eigenvalue weighted by atomic mass is 32.1. The molecule has 0 aliphatic rings. The Hall–Kier alpha value is -3.47. The molecule has 3 aromatic rings. The number of nitrogens with zero attached hydrogens (tertiary/aromatic N) is 3. The summed E-state index contributed by atoms with van der Waals surface area (Å²) in [5.41, 5.74) is -0.233. The maximum Gasteiger partial charge on any atom is 0.325 e. The van der Waals surface area contributed by atoms with Gasteiger partial charge in [0, 0.05) is 23.8 Å². The highest BCUT2D eigenvalue weighted by Crippen LogP contribution is 2.22. The number of fused-ring (bicyclic) bond motifs is 1. The lowest BCUT2D eigenvalue weighted by Gasteiger charge is -2.04. The number of nitro groups is 1. The molecule has 0 saturated carbocycles. The number of nitro benzene ring substituents is 1. The molecule has 11 heteroatoms. The summed E-state index contributed by atoms with van der Waals surface area (Å²) in [4.78, 5) is 38.0. The molecule has 0 aliphatic heterocycles. The third kappa shape index (κ3) is 3.78. The molecule has 0 spiro atoms. The summed E-state index contributed by atoms with van der Waals surface area (Å²) in [6.07, 6.45) is 0. The zero-order chi connectivity index (χ0) is 20.4. The molecular weight excluding hydrogens is 396 g/mol. The highest BCUT2D eigenvalue weighted by molar-refractivity contribution is 7.16. The van der Waals surface area contributed by atoms with Crippen LogP contribution in [-0.4, -0.2) is 28.5 Å². The minimum Gasteiger partial charge on any atom is -0.468 e. The summed E-state index contributed by atoms with van der Waals surface area (Å²) in [6, 6.07) is 6.46. The molecule has 144 valence electrons. The molecule has 0 atom stereocenters. The first-order chi connectivity index (χ1) is 13.3. The number of benzene rings is 2. The minimum absolute atomic E-state index is 0.0479. The number of rotatable bonds is 4. The number of halogens is 2. The number of methoxy groups -OCH3 is 1. The number of esters is 1. The first-order valence-corrected chi connectivity index (χ1v) is 8.50. The van der Waals surface area contributed by atoms with Gasteiger partial charge in [-0.3, -0.25) is 19.7 Å². The number of aromatic nitrogens is 1. The molecule has 0 aliphatic carbocycles. The molecule has 0 fully saturated rings. The summed E-state index contributed by atoms with van der Waals surface area (Å²) >= 11 is 0.815. The van der Waals surface area contributed by atoms with Crippen molar-refractivity contribution in [2.24, 2.45) is 4.99 Å². The van der Waals surface area contributed by atoms with Crippen molar-refractivity contribution < 1.29 is 28.0 Å². The van der Waals surface area contributed by atoms with Gasteiger partial charge in [-0.2, -0.15) is 4.99 Å². The van der Waals surface area contributed by atoms with Gasteiger partial charge in [0.2, 0.25) is 0 Å². The summed E-state index contributed by atoms with van der Waals surface area (Å²) in [5, 5.41) is 10.7. The number of ether oxygens (including phenoxy) is 1. The van der Waals surface area contributed by atoms with E-state index < -0.39 is 35.0 Å². The summed E-state index contributed by atoms with van der Waals surface area (Å²) in [5.74, 6) is -3.21. The van der Waals surface area contributed by atoms with E-state index in [2.05, 4.69) is 9.73 Å². The van der Waals surface area contributed by atoms with Crippen molar-refractivity contribution in [3.05, 3.63) is 68.5 Å².